The van der Waals surface area contributed by atoms with Gasteiger partial charge in [0.05, 0.1) is 6.61 Å². The number of carbonyl (C=O) groups is 1. The first-order valence-electron chi connectivity index (χ1n) is 7.32. The number of carbonyl (C=O) groups excluding carboxylic acids is 1. The van der Waals surface area contributed by atoms with E-state index in [-0.39, 0.29) is 12.5 Å². The summed E-state index contributed by atoms with van der Waals surface area (Å²) >= 11 is 0. The van der Waals surface area contributed by atoms with Crippen molar-refractivity contribution in [2.45, 2.75) is 13.5 Å². The average molecular weight is 299 g/mol. The number of anilines is 1. The summed E-state index contributed by atoms with van der Waals surface area (Å²) in [6.07, 6.45) is 0. The number of likely N-dealkylation sites (N-methyl/N-ethyl adjacent to an activating group) is 1. The Morgan fingerprint density at radius 3 is 2.59 bits per heavy atom. The smallest absolute Gasteiger partial charge is 0.325 e. The van der Waals surface area contributed by atoms with Gasteiger partial charge in [0, 0.05) is 18.8 Å². The highest BCUT2D eigenvalue weighted by atomic mass is 16.5. The number of hydrogen-bond acceptors (Lipinski definition) is 4. The van der Waals surface area contributed by atoms with E-state index >= 15 is 0 Å². The van der Waals surface area contributed by atoms with Crippen LogP contribution in [0.15, 0.2) is 54.6 Å². The number of rotatable bonds is 7. The van der Waals surface area contributed by atoms with E-state index in [1.54, 1.807) is 6.92 Å². The van der Waals surface area contributed by atoms with Crippen molar-refractivity contribution < 1.29 is 14.3 Å². The molecule has 0 atom stereocenters. The molecule has 22 heavy (non-hydrogen) atoms. The second-order valence-electron chi connectivity index (χ2n) is 4.93. The standard InChI is InChI=1S/C18H21NO3/c1-3-21-18(20)13-19(2)16-10-7-11-17(12-16)22-14-15-8-5-4-6-9-15/h4-12H,3,13-14H2,1-2H3. The summed E-state index contributed by atoms with van der Waals surface area (Å²) in [7, 11) is 1.85. The first-order chi connectivity index (χ1) is 10.7. The van der Waals surface area contributed by atoms with Crippen LogP contribution in [0.1, 0.15) is 12.5 Å². The van der Waals surface area contributed by atoms with Crippen molar-refractivity contribution >= 4 is 11.7 Å². The first-order valence-corrected chi connectivity index (χ1v) is 7.32. The Morgan fingerprint density at radius 1 is 1.09 bits per heavy atom. The van der Waals surface area contributed by atoms with Crippen LogP contribution in [0.2, 0.25) is 0 Å². The van der Waals surface area contributed by atoms with Gasteiger partial charge < -0.3 is 14.4 Å². The molecular formula is C18H21NO3. The zero-order valence-corrected chi connectivity index (χ0v) is 13.0. The highest BCUT2D eigenvalue weighted by Gasteiger charge is 2.08. The van der Waals surface area contributed by atoms with Crippen molar-refractivity contribution in [3.05, 3.63) is 60.2 Å². The van der Waals surface area contributed by atoms with Gasteiger partial charge in [0.15, 0.2) is 0 Å². The highest BCUT2D eigenvalue weighted by Crippen LogP contribution is 2.21. The summed E-state index contributed by atoms with van der Waals surface area (Å²) in [5.41, 5.74) is 2.03. The molecule has 0 aliphatic heterocycles. The molecule has 0 heterocycles. The zero-order valence-electron chi connectivity index (χ0n) is 13.0. The number of esters is 1. The second kappa shape index (κ2) is 8.08. The van der Waals surface area contributed by atoms with Gasteiger partial charge in [-0.1, -0.05) is 36.4 Å². The lowest BCUT2D eigenvalue weighted by Crippen LogP contribution is -2.27. The van der Waals surface area contributed by atoms with Gasteiger partial charge in [0.25, 0.3) is 0 Å². The van der Waals surface area contributed by atoms with Crippen molar-refractivity contribution in [1.29, 1.82) is 0 Å². The molecular weight excluding hydrogens is 278 g/mol. The maximum absolute atomic E-state index is 11.5. The largest absolute Gasteiger partial charge is 0.489 e. The van der Waals surface area contributed by atoms with E-state index in [0.29, 0.717) is 13.2 Å². The average Bonchev–Trinajstić information content (AvgIpc) is 2.54. The van der Waals surface area contributed by atoms with Crippen LogP contribution >= 0.6 is 0 Å². The normalized spacial score (nSPS) is 10.1. The van der Waals surface area contributed by atoms with E-state index in [0.717, 1.165) is 17.0 Å². The van der Waals surface area contributed by atoms with Crippen molar-refractivity contribution in [2.24, 2.45) is 0 Å². The minimum absolute atomic E-state index is 0.218. The van der Waals surface area contributed by atoms with Gasteiger partial charge in [-0.15, -0.1) is 0 Å². The van der Waals surface area contributed by atoms with E-state index in [1.165, 1.54) is 0 Å². The number of benzene rings is 2. The van der Waals surface area contributed by atoms with Crippen LogP contribution in [0.5, 0.6) is 5.75 Å². The summed E-state index contributed by atoms with van der Waals surface area (Å²) in [6.45, 7) is 2.94. The third-order valence-corrected chi connectivity index (χ3v) is 3.18. The van der Waals surface area contributed by atoms with Crippen LogP contribution < -0.4 is 9.64 Å². The molecule has 2 rings (SSSR count). The van der Waals surface area contributed by atoms with Gasteiger partial charge in [-0.05, 0) is 24.6 Å². The molecule has 0 aliphatic carbocycles. The van der Waals surface area contributed by atoms with Gasteiger partial charge in [-0.25, -0.2) is 0 Å². The van der Waals surface area contributed by atoms with Crippen LogP contribution in [0, 0.1) is 0 Å². The predicted molar refractivity (Wildman–Crippen MR) is 87.1 cm³/mol. The molecule has 4 nitrogen and oxygen atoms in total. The third-order valence-electron chi connectivity index (χ3n) is 3.18. The Kier molecular flexibility index (Phi) is 5.83. The molecule has 4 heteroatoms. The van der Waals surface area contributed by atoms with Crippen LogP contribution in [-0.4, -0.2) is 26.2 Å². The molecule has 0 aliphatic rings. The van der Waals surface area contributed by atoms with Gasteiger partial charge in [-0.3, -0.25) is 4.79 Å². The van der Waals surface area contributed by atoms with Crippen molar-refractivity contribution in [2.75, 3.05) is 25.1 Å². The fourth-order valence-electron chi connectivity index (χ4n) is 2.04. The van der Waals surface area contributed by atoms with Crippen LogP contribution in [0.25, 0.3) is 0 Å². The van der Waals surface area contributed by atoms with E-state index in [4.69, 9.17) is 9.47 Å². The SMILES string of the molecule is CCOC(=O)CN(C)c1cccc(OCc2ccccc2)c1. The minimum Gasteiger partial charge on any atom is -0.489 e. The fourth-order valence-corrected chi connectivity index (χ4v) is 2.04. The monoisotopic (exact) mass is 299 g/mol. The number of hydrogen-bond donors (Lipinski definition) is 0. The Morgan fingerprint density at radius 2 is 1.86 bits per heavy atom. The van der Waals surface area contributed by atoms with Gasteiger partial charge in [0.1, 0.15) is 18.9 Å². The summed E-state index contributed by atoms with van der Waals surface area (Å²) in [6, 6.07) is 17.7. The molecule has 0 saturated heterocycles. The van der Waals surface area contributed by atoms with Crippen LogP contribution in [-0.2, 0) is 16.1 Å². The van der Waals surface area contributed by atoms with E-state index in [9.17, 15) is 4.79 Å². The molecule has 2 aromatic carbocycles. The molecule has 0 amide bonds. The van der Waals surface area contributed by atoms with Crippen molar-refractivity contribution in [3.63, 3.8) is 0 Å². The lowest BCUT2D eigenvalue weighted by atomic mass is 10.2. The Balaban J connectivity index is 1.95. The molecule has 0 N–H and O–H groups in total. The molecule has 0 spiro atoms. The van der Waals surface area contributed by atoms with E-state index in [1.807, 2.05) is 66.5 Å². The minimum atomic E-state index is -0.236. The number of nitrogens with zero attached hydrogens (tertiary/aromatic N) is 1. The molecule has 0 aromatic heterocycles. The summed E-state index contributed by atoms with van der Waals surface area (Å²) < 4.78 is 10.8. The molecule has 2 aromatic rings. The molecule has 0 unspecified atom stereocenters. The Bertz CT molecular complexity index is 598. The Labute approximate surface area is 131 Å². The predicted octanol–water partition coefficient (Wildman–Crippen LogP) is 3.26. The third kappa shape index (κ3) is 4.81. The maximum atomic E-state index is 11.5. The van der Waals surface area contributed by atoms with Gasteiger partial charge in [-0.2, -0.15) is 0 Å². The van der Waals surface area contributed by atoms with E-state index in [2.05, 4.69) is 0 Å². The Hall–Kier alpha value is -2.49. The van der Waals surface area contributed by atoms with E-state index < -0.39 is 0 Å². The van der Waals surface area contributed by atoms with Crippen LogP contribution in [0.4, 0.5) is 5.69 Å². The molecule has 0 bridgehead atoms. The summed E-state index contributed by atoms with van der Waals surface area (Å²) in [5.74, 6) is 0.540. The summed E-state index contributed by atoms with van der Waals surface area (Å²) in [4.78, 5) is 13.4. The number of ether oxygens (including phenoxy) is 2. The van der Waals surface area contributed by atoms with Crippen LogP contribution in [0.3, 0.4) is 0 Å². The molecule has 0 radical (unpaired) electrons. The second-order valence-corrected chi connectivity index (χ2v) is 4.93. The van der Waals surface area contributed by atoms with Gasteiger partial charge >= 0.3 is 5.97 Å². The van der Waals surface area contributed by atoms with Gasteiger partial charge in [0.2, 0.25) is 0 Å². The molecule has 0 saturated carbocycles. The first kappa shape index (κ1) is 15.9. The fraction of sp³-hybridized carbons (Fsp3) is 0.278. The highest BCUT2D eigenvalue weighted by molar-refractivity contribution is 5.75. The maximum Gasteiger partial charge on any atom is 0.325 e. The zero-order chi connectivity index (χ0) is 15.8. The molecule has 0 fully saturated rings. The molecule has 116 valence electrons. The topological polar surface area (TPSA) is 38.8 Å². The van der Waals surface area contributed by atoms with Crippen molar-refractivity contribution in [3.8, 4) is 5.75 Å². The quantitative estimate of drug-likeness (QED) is 0.736. The van der Waals surface area contributed by atoms with Crippen molar-refractivity contribution in [1.82, 2.24) is 0 Å². The summed E-state index contributed by atoms with van der Waals surface area (Å²) in [5, 5.41) is 0. The lowest BCUT2D eigenvalue weighted by molar-refractivity contribution is -0.141. The lowest BCUT2D eigenvalue weighted by Gasteiger charge is -2.19.